The lowest BCUT2D eigenvalue weighted by Crippen LogP contribution is -2.53. The predicted molar refractivity (Wildman–Crippen MR) is 65.6 cm³/mol. The molecule has 0 amide bonds. The summed E-state index contributed by atoms with van der Waals surface area (Å²) in [6.07, 6.45) is -4.18. The van der Waals surface area contributed by atoms with Crippen molar-refractivity contribution < 1.29 is 26.7 Å². The summed E-state index contributed by atoms with van der Waals surface area (Å²) in [5, 5.41) is 9.50. The van der Waals surface area contributed by atoms with E-state index in [9.17, 15) is 26.7 Å². The highest BCUT2D eigenvalue weighted by atomic mass is 32.2. The van der Waals surface area contributed by atoms with Gasteiger partial charge in [0.15, 0.2) is 5.60 Å². The maximum absolute atomic E-state index is 12.6. The highest BCUT2D eigenvalue weighted by molar-refractivity contribution is 7.90. The largest absolute Gasteiger partial charge is 0.417 e. The summed E-state index contributed by atoms with van der Waals surface area (Å²) in [5.74, 6) is -0.111. The number of aliphatic hydroxyl groups is 1. The summed E-state index contributed by atoms with van der Waals surface area (Å²) in [5.41, 5.74) is -2.59. The zero-order valence-corrected chi connectivity index (χ0v) is 11.9. The first-order chi connectivity index (χ1) is 8.43. The van der Waals surface area contributed by atoms with Crippen LogP contribution in [0.25, 0.3) is 0 Å². The van der Waals surface area contributed by atoms with Crippen molar-refractivity contribution in [2.24, 2.45) is 5.92 Å². The Bertz CT molecular complexity index is 400. The summed E-state index contributed by atoms with van der Waals surface area (Å²) in [6.45, 7) is 2.45. The molecule has 0 aliphatic carbocycles. The van der Waals surface area contributed by atoms with Crippen LogP contribution in [-0.2, 0) is 9.84 Å². The Morgan fingerprint density at radius 2 is 1.79 bits per heavy atom. The van der Waals surface area contributed by atoms with Crippen LogP contribution in [-0.4, -0.2) is 61.8 Å². The first-order valence-corrected chi connectivity index (χ1v) is 8.18. The second-order valence-electron chi connectivity index (χ2n) is 5.53. The molecule has 1 rings (SSSR count). The zero-order chi connectivity index (χ0) is 14.9. The number of halogens is 3. The Kier molecular flexibility index (Phi) is 4.90. The van der Waals surface area contributed by atoms with Gasteiger partial charge in [-0.25, -0.2) is 8.42 Å². The number of nitrogens with zero attached hydrogens (tertiary/aromatic N) is 1. The SMILES string of the molecule is CC(CN1CCC(O)(C(F)(F)F)CC1)CS(C)(=O)=O. The Labute approximate surface area is 111 Å². The van der Waals surface area contributed by atoms with E-state index in [0.717, 1.165) is 6.26 Å². The van der Waals surface area contributed by atoms with Gasteiger partial charge >= 0.3 is 6.18 Å². The lowest BCUT2D eigenvalue weighted by molar-refractivity contribution is -0.272. The fourth-order valence-corrected chi connectivity index (χ4v) is 3.54. The molecular formula is C11H20F3NO3S. The van der Waals surface area contributed by atoms with Crippen LogP contribution in [0.1, 0.15) is 19.8 Å². The van der Waals surface area contributed by atoms with Gasteiger partial charge in [0.2, 0.25) is 0 Å². The summed E-state index contributed by atoms with van der Waals surface area (Å²) in [4.78, 5) is 1.77. The van der Waals surface area contributed by atoms with E-state index in [0.29, 0.717) is 6.54 Å². The van der Waals surface area contributed by atoms with Crippen LogP contribution >= 0.6 is 0 Å². The van der Waals surface area contributed by atoms with Gasteiger partial charge in [0.05, 0.1) is 5.75 Å². The lowest BCUT2D eigenvalue weighted by Gasteiger charge is -2.39. The molecule has 4 nitrogen and oxygen atoms in total. The van der Waals surface area contributed by atoms with Crippen molar-refractivity contribution in [1.82, 2.24) is 4.90 Å². The zero-order valence-electron chi connectivity index (χ0n) is 11.1. The fraction of sp³-hybridized carbons (Fsp3) is 1.00. The van der Waals surface area contributed by atoms with Crippen molar-refractivity contribution in [2.75, 3.05) is 31.6 Å². The van der Waals surface area contributed by atoms with E-state index < -0.39 is 21.6 Å². The van der Waals surface area contributed by atoms with Crippen molar-refractivity contribution in [3.63, 3.8) is 0 Å². The number of hydrogen-bond acceptors (Lipinski definition) is 4. The number of likely N-dealkylation sites (tertiary alicyclic amines) is 1. The van der Waals surface area contributed by atoms with E-state index in [-0.39, 0.29) is 37.6 Å². The summed E-state index contributed by atoms with van der Waals surface area (Å²) in [6, 6.07) is 0. The molecule has 1 atom stereocenters. The lowest BCUT2D eigenvalue weighted by atomic mass is 9.90. The van der Waals surface area contributed by atoms with E-state index in [1.807, 2.05) is 0 Å². The number of alkyl halides is 3. The Morgan fingerprint density at radius 1 is 1.32 bits per heavy atom. The molecule has 0 aromatic heterocycles. The Balaban J connectivity index is 2.47. The van der Waals surface area contributed by atoms with Crippen molar-refractivity contribution in [2.45, 2.75) is 31.5 Å². The predicted octanol–water partition coefficient (Wildman–Crippen LogP) is 1.06. The molecule has 0 aromatic rings. The molecule has 114 valence electrons. The molecule has 0 spiro atoms. The second kappa shape index (κ2) is 5.57. The minimum atomic E-state index is -4.60. The number of rotatable bonds is 4. The van der Waals surface area contributed by atoms with E-state index in [1.165, 1.54) is 0 Å². The Morgan fingerprint density at radius 3 is 2.16 bits per heavy atom. The molecule has 19 heavy (non-hydrogen) atoms. The van der Waals surface area contributed by atoms with Crippen LogP contribution in [0.3, 0.4) is 0 Å². The Hall–Kier alpha value is -0.340. The quantitative estimate of drug-likeness (QED) is 0.843. The molecule has 8 heteroatoms. The number of sulfone groups is 1. The average Bonchev–Trinajstić information content (AvgIpc) is 2.17. The molecule has 1 fully saturated rings. The summed E-state index contributed by atoms with van der Waals surface area (Å²) >= 11 is 0. The van der Waals surface area contributed by atoms with Gasteiger partial charge in [-0.2, -0.15) is 13.2 Å². The smallest absolute Gasteiger partial charge is 0.380 e. The van der Waals surface area contributed by atoms with Gasteiger partial charge in [0.25, 0.3) is 0 Å². The van der Waals surface area contributed by atoms with E-state index in [2.05, 4.69) is 0 Å². The monoisotopic (exact) mass is 303 g/mol. The van der Waals surface area contributed by atoms with Crippen LogP contribution in [0.5, 0.6) is 0 Å². The van der Waals surface area contributed by atoms with Gasteiger partial charge in [0.1, 0.15) is 9.84 Å². The normalized spacial score (nSPS) is 23.3. The van der Waals surface area contributed by atoms with Crippen LogP contribution in [0.15, 0.2) is 0 Å². The highest BCUT2D eigenvalue weighted by Crippen LogP contribution is 2.38. The highest BCUT2D eigenvalue weighted by Gasteiger charge is 2.54. The maximum atomic E-state index is 12.6. The molecular weight excluding hydrogens is 283 g/mol. The van der Waals surface area contributed by atoms with Crippen molar-refractivity contribution in [1.29, 1.82) is 0 Å². The first-order valence-electron chi connectivity index (χ1n) is 6.12. The van der Waals surface area contributed by atoms with Crippen molar-refractivity contribution in [3.8, 4) is 0 Å². The molecule has 1 N–H and O–H groups in total. The first kappa shape index (κ1) is 16.7. The van der Waals surface area contributed by atoms with E-state index >= 15 is 0 Å². The molecule has 1 unspecified atom stereocenters. The van der Waals surface area contributed by atoms with Crippen molar-refractivity contribution >= 4 is 9.84 Å². The van der Waals surface area contributed by atoms with Gasteiger partial charge < -0.3 is 10.0 Å². The van der Waals surface area contributed by atoms with Crippen molar-refractivity contribution in [3.05, 3.63) is 0 Å². The third-order valence-corrected chi connectivity index (χ3v) is 4.54. The van der Waals surface area contributed by atoms with E-state index in [4.69, 9.17) is 0 Å². The van der Waals surface area contributed by atoms with Crippen LogP contribution in [0.2, 0.25) is 0 Å². The van der Waals surface area contributed by atoms with Gasteiger partial charge in [-0.1, -0.05) is 6.92 Å². The average molecular weight is 303 g/mol. The molecule has 0 radical (unpaired) electrons. The minimum absolute atomic E-state index is 0.0209. The van der Waals surface area contributed by atoms with Crippen LogP contribution in [0.4, 0.5) is 13.2 Å². The number of piperidine rings is 1. The molecule has 0 bridgehead atoms. The standard InChI is InChI=1S/C11H20F3NO3S/c1-9(8-19(2,17)18)7-15-5-3-10(16,4-6-15)11(12,13)14/h9,16H,3-8H2,1-2H3. The van der Waals surface area contributed by atoms with Crippen LogP contribution in [0, 0.1) is 5.92 Å². The molecule has 1 heterocycles. The van der Waals surface area contributed by atoms with E-state index in [1.54, 1.807) is 11.8 Å². The van der Waals surface area contributed by atoms with Gasteiger partial charge in [0, 0.05) is 25.9 Å². The number of hydrogen-bond donors (Lipinski definition) is 1. The molecule has 0 aromatic carbocycles. The summed E-state index contributed by atoms with van der Waals surface area (Å²) in [7, 11) is -3.08. The van der Waals surface area contributed by atoms with Gasteiger partial charge in [-0.3, -0.25) is 0 Å². The second-order valence-corrected chi connectivity index (χ2v) is 7.71. The van der Waals surface area contributed by atoms with Crippen LogP contribution < -0.4 is 0 Å². The topological polar surface area (TPSA) is 57.6 Å². The minimum Gasteiger partial charge on any atom is -0.380 e. The van der Waals surface area contributed by atoms with Gasteiger partial charge in [-0.15, -0.1) is 0 Å². The molecule has 1 aliphatic rings. The third kappa shape index (κ3) is 4.92. The molecule has 1 aliphatic heterocycles. The fourth-order valence-electron chi connectivity index (χ4n) is 2.40. The maximum Gasteiger partial charge on any atom is 0.417 e. The molecule has 0 saturated carbocycles. The third-order valence-electron chi connectivity index (χ3n) is 3.37. The molecule has 1 saturated heterocycles. The summed E-state index contributed by atoms with van der Waals surface area (Å²) < 4.78 is 60.0. The van der Waals surface area contributed by atoms with Gasteiger partial charge in [-0.05, 0) is 18.8 Å².